The van der Waals surface area contributed by atoms with Gasteiger partial charge in [-0.15, -0.1) is 11.6 Å². The summed E-state index contributed by atoms with van der Waals surface area (Å²) in [6.45, 7) is 3.72. The van der Waals surface area contributed by atoms with Crippen LogP contribution in [0.2, 0.25) is 0 Å². The van der Waals surface area contributed by atoms with Gasteiger partial charge in [-0.25, -0.2) is 0 Å². The number of hydrogen-bond donors (Lipinski definition) is 1. The smallest absolute Gasteiger partial charge is 0.0701 e. The minimum absolute atomic E-state index is 0.124. The van der Waals surface area contributed by atoms with Crippen LogP contribution in [0.1, 0.15) is 12.8 Å². The van der Waals surface area contributed by atoms with Crippen LogP contribution in [0.25, 0.3) is 0 Å². The highest BCUT2D eigenvalue weighted by Crippen LogP contribution is 2.13. The van der Waals surface area contributed by atoms with Crippen LogP contribution in [-0.2, 0) is 4.74 Å². The summed E-state index contributed by atoms with van der Waals surface area (Å²) in [5.74, 6) is 0.593. The lowest BCUT2D eigenvalue weighted by atomic mass is 10.1. The first-order chi connectivity index (χ1) is 7.36. The third-order valence-electron chi connectivity index (χ3n) is 2.60. The number of likely N-dealkylation sites (tertiary alicyclic amines) is 1. The Hall–Kier alpha value is -0.0900. The molecule has 0 bridgehead atoms. The van der Waals surface area contributed by atoms with Crippen LogP contribution in [0, 0.1) is 0 Å². The number of rotatable bonds is 6. The first kappa shape index (κ1) is 13.0. The molecule has 0 amide bonds. The van der Waals surface area contributed by atoms with E-state index in [1.54, 1.807) is 0 Å². The van der Waals surface area contributed by atoms with Gasteiger partial charge in [-0.1, -0.05) is 12.2 Å². The Labute approximate surface area is 96.7 Å². The predicted molar refractivity (Wildman–Crippen MR) is 62.4 cm³/mol. The molecule has 0 aliphatic carbocycles. The molecule has 1 saturated heterocycles. The third-order valence-corrected chi connectivity index (χ3v) is 2.78. The number of aliphatic hydroxyl groups is 1. The minimum Gasteiger partial charge on any atom is -0.394 e. The summed E-state index contributed by atoms with van der Waals surface area (Å²) in [4.78, 5) is 2.39. The molecule has 0 radical (unpaired) electrons. The summed E-state index contributed by atoms with van der Waals surface area (Å²) < 4.78 is 5.49. The van der Waals surface area contributed by atoms with Crippen LogP contribution >= 0.6 is 11.6 Å². The molecular formula is C11H20ClNO2. The van der Waals surface area contributed by atoms with Crippen molar-refractivity contribution in [1.29, 1.82) is 0 Å². The summed E-state index contributed by atoms with van der Waals surface area (Å²) in [7, 11) is 0. The van der Waals surface area contributed by atoms with Gasteiger partial charge in [0, 0.05) is 25.5 Å². The van der Waals surface area contributed by atoms with Crippen LogP contribution in [0.4, 0.5) is 0 Å². The van der Waals surface area contributed by atoms with E-state index in [4.69, 9.17) is 21.4 Å². The molecule has 0 aromatic heterocycles. The fourth-order valence-corrected chi connectivity index (χ4v) is 1.89. The molecule has 1 fully saturated rings. The molecule has 1 N–H and O–H groups in total. The largest absolute Gasteiger partial charge is 0.394 e. The molecule has 0 unspecified atom stereocenters. The van der Waals surface area contributed by atoms with Gasteiger partial charge in [-0.2, -0.15) is 0 Å². The van der Waals surface area contributed by atoms with Crippen molar-refractivity contribution in [3.63, 3.8) is 0 Å². The highest BCUT2D eigenvalue weighted by atomic mass is 35.5. The molecule has 15 heavy (non-hydrogen) atoms. The van der Waals surface area contributed by atoms with Crippen LogP contribution in [0.5, 0.6) is 0 Å². The quantitative estimate of drug-likeness (QED) is 0.554. The van der Waals surface area contributed by atoms with Crippen molar-refractivity contribution >= 4 is 11.6 Å². The van der Waals surface area contributed by atoms with Gasteiger partial charge in [-0.05, 0) is 12.8 Å². The molecule has 1 rings (SSSR count). The number of allylic oxidation sites excluding steroid dienone is 1. The first-order valence-corrected chi connectivity index (χ1v) is 6.06. The van der Waals surface area contributed by atoms with Crippen molar-refractivity contribution in [3.8, 4) is 0 Å². The fourth-order valence-electron chi connectivity index (χ4n) is 1.76. The van der Waals surface area contributed by atoms with Crippen LogP contribution in [0.3, 0.4) is 0 Å². The van der Waals surface area contributed by atoms with E-state index >= 15 is 0 Å². The fraction of sp³-hybridized carbons (Fsp3) is 0.818. The summed E-state index contributed by atoms with van der Waals surface area (Å²) >= 11 is 5.55. The molecule has 0 aromatic carbocycles. The number of hydrogen-bond acceptors (Lipinski definition) is 3. The average Bonchev–Trinajstić information content (AvgIpc) is 2.28. The lowest BCUT2D eigenvalue weighted by Gasteiger charge is -2.30. The molecule has 0 spiro atoms. The Morgan fingerprint density at radius 1 is 1.33 bits per heavy atom. The number of halogens is 1. The van der Waals surface area contributed by atoms with Crippen LogP contribution < -0.4 is 0 Å². The van der Waals surface area contributed by atoms with Crippen molar-refractivity contribution in [3.05, 3.63) is 12.2 Å². The van der Waals surface area contributed by atoms with Crippen LogP contribution in [0.15, 0.2) is 12.2 Å². The zero-order chi connectivity index (χ0) is 10.9. The molecule has 0 aromatic rings. The van der Waals surface area contributed by atoms with E-state index in [1.807, 2.05) is 6.08 Å². The Bertz CT molecular complexity index is 179. The average molecular weight is 234 g/mol. The molecule has 4 heteroatoms. The monoisotopic (exact) mass is 233 g/mol. The van der Waals surface area contributed by atoms with E-state index in [1.165, 1.54) is 0 Å². The highest BCUT2D eigenvalue weighted by molar-refractivity contribution is 6.18. The molecule has 3 nitrogen and oxygen atoms in total. The predicted octanol–water partition coefficient (Wildman–Crippen LogP) is 1.25. The van der Waals surface area contributed by atoms with Gasteiger partial charge in [0.15, 0.2) is 0 Å². The van der Waals surface area contributed by atoms with Gasteiger partial charge in [-0.3, -0.25) is 4.90 Å². The van der Waals surface area contributed by atoms with Gasteiger partial charge in [0.05, 0.1) is 19.3 Å². The van der Waals surface area contributed by atoms with Gasteiger partial charge in [0.25, 0.3) is 0 Å². The standard InChI is InChI=1S/C11H20ClNO2/c12-5-1-2-6-13-7-3-11(4-8-13)15-10-9-14/h1-2,11,14H,3-10H2/b2-1+. The van der Waals surface area contributed by atoms with E-state index in [0.717, 1.165) is 32.5 Å². The first-order valence-electron chi connectivity index (χ1n) is 5.52. The lowest BCUT2D eigenvalue weighted by Crippen LogP contribution is -2.37. The second-order valence-corrected chi connectivity index (χ2v) is 4.03. The lowest BCUT2D eigenvalue weighted by molar-refractivity contribution is -0.00591. The van der Waals surface area contributed by atoms with E-state index in [0.29, 0.717) is 18.6 Å². The van der Waals surface area contributed by atoms with E-state index < -0.39 is 0 Å². The maximum Gasteiger partial charge on any atom is 0.0701 e. The molecule has 1 aliphatic heterocycles. The summed E-state index contributed by atoms with van der Waals surface area (Å²) in [5.41, 5.74) is 0. The number of ether oxygens (including phenoxy) is 1. The molecule has 1 aliphatic rings. The minimum atomic E-state index is 0.124. The maximum atomic E-state index is 8.64. The zero-order valence-corrected chi connectivity index (χ0v) is 9.83. The number of aliphatic hydroxyl groups excluding tert-OH is 1. The van der Waals surface area contributed by atoms with Gasteiger partial charge in [0.2, 0.25) is 0 Å². The molecule has 0 saturated carbocycles. The van der Waals surface area contributed by atoms with E-state index in [-0.39, 0.29) is 6.61 Å². The van der Waals surface area contributed by atoms with Crippen LogP contribution in [-0.4, -0.2) is 54.8 Å². The summed E-state index contributed by atoms with van der Waals surface area (Å²) in [6, 6.07) is 0. The van der Waals surface area contributed by atoms with Crippen molar-refractivity contribution in [2.45, 2.75) is 18.9 Å². The van der Waals surface area contributed by atoms with Gasteiger partial charge >= 0.3 is 0 Å². The topological polar surface area (TPSA) is 32.7 Å². The number of alkyl halides is 1. The Kier molecular flexibility index (Phi) is 7.01. The van der Waals surface area contributed by atoms with Crippen molar-refractivity contribution < 1.29 is 9.84 Å². The molecule has 0 atom stereocenters. The van der Waals surface area contributed by atoms with Crippen molar-refractivity contribution in [1.82, 2.24) is 4.90 Å². The Morgan fingerprint density at radius 2 is 2.07 bits per heavy atom. The molecular weight excluding hydrogens is 214 g/mol. The summed E-state index contributed by atoms with van der Waals surface area (Å²) in [5, 5.41) is 8.64. The molecule has 1 heterocycles. The molecule has 88 valence electrons. The highest BCUT2D eigenvalue weighted by Gasteiger charge is 2.18. The van der Waals surface area contributed by atoms with E-state index in [9.17, 15) is 0 Å². The Balaban J connectivity index is 2.09. The number of piperidine rings is 1. The normalized spacial score (nSPS) is 20.1. The van der Waals surface area contributed by atoms with Gasteiger partial charge < -0.3 is 9.84 Å². The van der Waals surface area contributed by atoms with Crippen molar-refractivity contribution in [2.24, 2.45) is 0 Å². The maximum absolute atomic E-state index is 8.64. The van der Waals surface area contributed by atoms with Gasteiger partial charge in [0.1, 0.15) is 0 Å². The number of nitrogens with zero attached hydrogens (tertiary/aromatic N) is 1. The zero-order valence-electron chi connectivity index (χ0n) is 9.07. The SMILES string of the molecule is OCCOC1CCN(C/C=C/CCl)CC1. The van der Waals surface area contributed by atoms with E-state index in [2.05, 4.69) is 11.0 Å². The summed E-state index contributed by atoms with van der Waals surface area (Å²) in [6.07, 6.45) is 6.56. The third kappa shape index (κ3) is 5.52. The van der Waals surface area contributed by atoms with Crippen molar-refractivity contribution in [2.75, 3.05) is 38.7 Å². The Morgan fingerprint density at radius 3 is 2.67 bits per heavy atom. The second kappa shape index (κ2) is 8.11. The second-order valence-electron chi connectivity index (χ2n) is 3.72.